The highest BCUT2D eigenvalue weighted by atomic mass is 35.5. The Labute approximate surface area is 200 Å². The Hall–Kier alpha value is -1.76. The van der Waals surface area contributed by atoms with Crippen molar-refractivity contribution in [3.05, 3.63) is 85.0 Å². The molecule has 0 unspecified atom stereocenters. The van der Waals surface area contributed by atoms with Crippen LogP contribution in [0.4, 0.5) is 0 Å². The van der Waals surface area contributed by atoms with E-state index in [-0.39, 0.29) is 5.91 Å². The Morgan fingerprint density at radius 2 is 1.68 bits per heavy atom. The van der Waals surface area contributed by atoms with E-state index in [0.29, 0.717) is 47.1 Å². The van der Waals surface area contributed by atoms with Gasteiger partial charge < -0.3 is 9.64 Å². The van der Waals surface area contributed by atoms with Crippen LogP contribution in [-0.4, -0.2) is 41.9 Å². The third-order valence-electron chi connectivity index (χ3n) is 5.17. The van der Waals surface area contributed by atoms with Crippen molar-refractivity contribution in [1.29, 1.82) is 0 Å². The molecule has 0 radical (unpaired) electrons. The summed E-state index contributed by atoms with van der Waals surface area (Å²) in [5.74, 6) is 0.774. The molecule has 31 heavy (non-hydrogen) atoms. The van der Waals surface area contributed by atoms with E-state index in [1.54, 1.807) is 12.1 Å². The standard InChI is InChI=1S/C23H21Cl3N2O2S/c24-17-3-1-4-18(12-17)30-14-16-11-22(31-15-16)23(29)28-9-7-27(8-10-28)13-19-20(25)5-2-6-21(19)26/h1-6,11-12,15H,7-10,13-14H2. The molecule has 0 N–H and O–H groups in total. The smallest absolute Gasteiger partial charge is 0.264 e. The number of thiophene rings is 1. The van der Waals surface area contributed by atoms with Crippen LogP contribution in [0.3, 0.4) is 0 Å². The second-order valence-corrected chi connectivity index (χ2v) is 9.50. The zero-order chi connectivity index (χ0) is 21.8. The van der Waals surface area contributed by atoms with Crippen molar-refractivity contribution in [2.24, 2.45) is 0 Å². The number of piperazine rings is 1. The highest BCUT2D eigenvalue weighted by Gasteiger charge is 2.24. The first-order valence-corrected chi connectivity index (χ1v) is 11.9. The lowest BCUT2D eigenvalue weighted by molar-refractivity contribution is 0.0633. The van der Waals surface area contributed by atoms with Gasteiger partial charge in [0.1, 0.15) is 12.4 Å². The highest BCUT2D eigenvalue weighted by molar-refractivity contribution is 7.12. The van der Waals surface area contributed by atoms with Gasteiger partial charge in [0.15, 0.2) is 0 Å². The predicted octanol–water partition coefficient (Wildman–Crippen LogP) is 6.25. The quantitative estimate of drug-likeness (QED) is 0.405. The largest absolute Gasteiger partial charge is 0.489 e. The van der Waals surface area contributed by atoms with Gasteiger partial charge in [0.2, 0.25) is 0 Å². The summed E-state index contributed by atoms with van der Waals surface area (Å²) in [6.07, 6.45) is 0. The maximum Gasteiger partial charge on any atom is 0.264 e. The molecule has 8 heteroatoms. The molecule has 0 spiro atoms. The molecule has 162 valence electrons. The second kappa shape index (κ2) is 10.2. The fourth-order valence-corrected chi connectivity index (χ4v) is 5.02. The number of ether oxygens (including phenoxy) is 1. The maximum absolute atomic E-state index is 12.9. The lowest BCUT2D eigenvalue weighted by Crippen LogP contribution is -2.48. The van der Waals surface area contributed by atoms with Gasteiger partial charge in [0.25, 0.3) is 5.91 Å². The Bertz CT molecular complexity index is 1040. The van der Waals surface area contributed by atoms with Crippen LogP contribution >= 0.6 is 46.1 Å². The molecule has 4 nitrogen and oxygen atoms in total. The summed E-state index contributed by atoms with van der Waals surface area (Å²) in [7, 11) is 0. The average Bonchev–Trinajstić information content (AvgIpc) is 3.24. The van der Waals surface area contributed by atoms with Crippen molar-refractivity contribution in [3.8, 4) is 5.75 Å². The molecular formula is C23H21Cl3N2O2S. The molecule has 4 rings (SSSR count). The van der Waals surface area contributed by atoms with E-state index in [1.807, 2.05) is 46.7 Å². The first kappa shape index (κ1) is 22.4. The summed E-state index contributed by atoms with van der Waals surface area (Å²) in [6.45, 7) is 3.99. The van der Waals surface area contributed by atoms with E-state index in [0.717, 1.165) is 29.1 Å². The molecule has 2 aromatic carbocycles. The molecule has 1 aliphatic rings. The van der Waals surface area contributed by atoms with Gasteiger partial charge in [-0.15, -0.1) is 11.3 Å². The van der Waals surface area contributed by atoms with Crippen LogP contribution in [0.5, 0.6) is 5.75 Å². The molecule has 0 aliphatic carbocycles. The SMILES string of the molecule is O=C(c1cc(COc2cccc(Cl)c2)cs1)N1CCN(Cc2c(Cl)cccc2Cl)CC1. The third kappa shape index (κ3) is 5.73. The van der Waals surface area contributed by atoms with Gasteiger partial charge >= 0.3 is 0 Å². The fraction of sp³-hybridized carbons (Fsp3) is 0.261. The van der Waals surface area contributed by atoms with Crippen molar-refractivity contribution < 1.29 is 9.53 Å². The van der Waals surface area contributed by atoms with Crippen LogP contribution in [0.15, 0.2) is 53.9 Å². The molecule has 0 atom stereocenters. The van der Waals surface area contributed by atoms with Crippen LogP contribution in [0.2, 0.25) is 15.1 Å². The van der Waals surface area contributed by atoms with E-state index in [1.165, 1.54) is 11.3 Å². The number of rotatable bonds is 6. The van der Waals surface area contributed by atoms with Crippen LogP contribution in [0.25, 0.3) is 0 Å². The topological polar surface area (TPSA) is 32.8 Å². The van der Waals surface area contributed by atoms with Gasteiger partial charge in [0, 0.05) is 58.9 Å². The molecule has 1 saturated heterocycles. The molecule has 3 aromatic rings. The van der Waals surface area contributed by atoms with Crippen molar-refractivity contribution >= 4 is 52.0 Å². The molecule has 1 amide bonds. The number of carbonyl (C=O) groups excluding carboxylic acids is 1. The molecule has 2 heterocycles. The first-order chi connectivity index (χ1) is 15.0. The number of nitrogens with zero attached hydrogens (tertiary/aromatic N) is 2. The predicted molar refractivity (Wildman–Crippen MR) is 128 cm³/mol. The van der Waals surface area contributed by atoms with Crippen molar-refractivity contribution in [2.45, 2.75) is 13.2 Å². The Morgan fingerprint density at radius 1 is 0.968 bits per heavy atom. The third-order valence-corrected chi connectivity index (χ3v) is 7.08. The maximum atomic E-state index is 12.9. The van der Waals surface area contributed by atoms with E-state index >= 15 is 0 Å². The Morgan fingerprint density at radius 3 is 2.39 bits per heavy atom. The van der Waals surface area contributed by atoms with Gasteiger partial charge in [-0.2, -0.15) is 0 Å². The summed E-state index contributed by atoms with van der Waals surface area (Å²) in [4.78, 5) is 17.8. The van der Waals surface area contributed by atoms with Crippen LogP contribution in [0.1, 0.15) is 20.8 Å². The molecule has 1 aliphatic heterocycles. The minimum absolute atomic E-state index is 0.0643. The van der Waals surface area contributed by atoms with Crippen LogP contribution in [-0.2, 0) is 13.2 Å². The molecular weight excluding hydrogens is 475 g/mol. The lowest BCUT2D eigenvalue weighted by atomic mass is 10.2. The molecule has 0 bridgehead atoms. The van der Waals surface area contributed by atoms with Gasteiger partial charge in [-0.25, -0.2) is 0 Å². The summed E-state index contributed by atoms with van der Waals surface area (Å²) < 4.78 is 5.77. The normalized spacial score (nSPS) is 14.6. The molecule has 1 aromatic heterocycles. The molecule has 0 saturated carbocycles. The number of carbonyl (C=O) groups is 1. The number of hydrogen-bond acceptors (Lipinski definition) is 4. The van der Waals surface area contributed by atoms with E-state index < -0.39 is 0 Å². The summed E-state index contributed by atoms with van der Waals surface area (Å²) >= 11 is 20.0. The number of halogens is 3. The number of amides is 1. The van der Waals surface area contributed by atoms with Gasteiger partial charge in [0.05, 0.1) is 4.88 Å². The van der Waals surface area contributed by atoms with Gasteiger partial charge in [-0.1, -0.05) is 46.9 Å². The van der Waals surface area contributed by atoms with Gasteiger partial charge in [-0.3, -0.25) is 9.69 Å². The monoisotopic (exact) mass is 494 g/mol. The van der Waals surface area contributed by atoms with Crippen molar-refractivity contribution in [1.82, 2.24) is 9.80 Å². The zero-order valence-corrected chi connectivity index (χ0v) is 19.8. The van der Waals surface area contributed by atoms with E-state index in [4.69, 9.17) is 39.5 Å². The lowest BCUT2D eigenvalue weighted by Gasteiger charge is -2.34. The Balaban J connectivity index is 1.30. The number of benzene rings is 2. The van der Waals surface area contributed by atoms with Gasteiger partial charge in [-0.05, 0) is 41.8 Å². The average molecular weight is 496 g/mol. The second-order valence-electron chi connectivity index (χ2n) is 7.33. The number of hydrogen-bond donors (Lipinski definition) is 0. The van der Waals surface area contributed by atoms with E-state index in [2.05, 4.69) is 4.90 Å². The van der Waals surface area contributed by atoms with Crippen LogP contribution in [0, 0.1) is 0 Å². The zero-order valence-electron chi connectivity index (χ0n) is 16.7. The van der Waals surface area contributed by atoms with Crippen molar-refractivity contribution in [3.63, 3.8) is 0 Å². The molecule has 1 fully saturated rings. The van der Waals surface area contributed by atoms with Crippen LogP contribution < -0.4 is 4.74 Å². The Kier molecular flexibility index (Phi) is 7.41. The fourth-order valence-electron chi connectivity index (χ4n) is 3.46. The summed E-state index contributed by atoms with van der Waals surface area (Å²) in [5.41, 5.74) is 1.91. The van der Waals surface area contributed by atoms with E-state index in [9.17, 15) is 4.79 Å². The van der Waals surface area contributed by atoms with Crippen molar-refractivity contribution in [2.75, 3.05) is 26.2 Å². The first-order valence-electron chi connectivity index (χ1n) is 9.90. The minimum Gasteiger partial charge on any atom is -0.489 e. The highest BCUT2D eigenvalue weighted by Crippen LogP contribution is 2.26. The minimum atomic E-state index is 0.0643. The summed E-state index contributed by atoms with van der Waals surface area (Å²) in [5, 5.41) is 3.96. The summed E-state index contributed by atoms with van der Waals surface area (Å²) in [6, 6.07) is 14.8.